The van der Waals surface area contributed by atoms with Gasteiger partial charge in [0.1, 0.15) is 5.75 Å². The second-order valence-electron chi connectivity index (χ2n) is 8.69. The van der Waals surface area contributed by atoms with Gasteiger partial charge in [-0.3, -0.25) is 4.52 Å². The second kappa shape index (κ2) is 10.7. The SMILES string of the molecule is COCCCOc1cc2c(cc1Cl)C(CC(O)COP(=O)(O)O)NC(C(C)(C)C)C2. The average Bonchev–Trinajstić information content (AvgIpc) is 2.63. The van der Waals surface area contributed by atoms with Gasteiger partial charge in [-0.2, -0.15) is 0 Å². The topological polar surface area (TPSA) is 117 Å². The summed E-state index contributed by atoms with van der Waals surface area (Å²) in [5.74, 6) is 0.616. The van der Waals surface area contributed by atoms with Crippen molar-refractivity contribution in [1.29, 1.82) is 0 Å². The number of ether oxygens (including phenoxy) is 2. The lowest BCUT2D eigenvalue weighted by molar-refractivity contribution is 0.0665. The van der Waals surface area contributed by atoms with Gasteiger partial charge in [-0.05, 0) is 41.5 Å². The van der Waals surface area contributed by atoms with E-state index in [2.05, 4.69) is 30.6 Å². The van der Waals surface area contributed by atoms with Crippen molar-refractivity contribution in [3.8, 4) is 5.75 Å². The highest BCUT2D eigenvalue weighted by Crippen LogP contribution is 2.40. The number of hydrogen-bond acceptors (Lipinski definition) is 6. The number of benzene rings is 1. The van der Waals surface area contributed by atoms with Gasteiger partial charge < -0.3 is 29.7 Å². The average molecular weight is 466 g/mol. The summed E-state index contributed by atoms with van der Waals surface area (Å²) in [4.78, 5) is 17.7. The van der Waals surface area contributed by atoms with Crippen molar-refractivity contribution < 1.29 is 33.5 Å². The Morgan fingerprint density at radius 2 is 2.00 bits per heavy atom. The Bertz CT molecular complexity index is 749. The van der Waals surface area contributed by atoms with E-state index < -0.39 is 20.5 Å². The molecule has 2 rings (SSSR count). The maximum atomic E-state index is 10.9. The fourth-order valence-electron chi connectivity index (χ4n) is 3.49. The minimum atomic E-state index is -4.64. The van der Waals surface area contributed by atoms with Gasteiger partial charge in [0.25, 0.3) is 0 Å². The number of nitrogens with one attached hydrogen (secondary N) is 1. The van der Waals surface area contributed by atoms with Crippen molar-refractivity contribution in [3.63, 3.8) is 0 Å². The van der Waals surface area contributed by atoms with E-state index in [0.717, 1.165) is 24.0 Å². The Labute approximate surface area is 183 Å². The van der Waals surface area contributed by atoms with Crippen LogP contribution in [0.1, 0.15) is 50.8 Å². The first-order chi connectivity index (χ1) is 13.9. The summed E-state index contributed by atoms with van der Waals surface area (Å²) in [6.07, 6.45) is 0.704. The zero-order chi connectivity index (χ0) is 22.5. The molecule has 30 heavy (non-hydrogen) atoms. The van der Waals surface area contributed by atoms with Gasteiger partial charge in [-0.1, -0.05) is 32.4 Å². The van der Waals surface area contributed by atoms with Crippen LogP contribution in [0.5, 0.6) is 5.75 Å². The van der Waals surface area contributed by atoms with Crippen LogP contribution in [0.2, 0.25) is 5.02 Å². The molecule has 0 spiro atoms. The van der Waals surface area contributed by atoms with Gasteiger partial charge in [0.2, 0.25) is 0 Å². The summed E-state index contributed by atoms with van der Waals surface area (Å²) in [5.41, 5.74) is 1.98. The minimum Gasteiger partial charge on any atom is -0.492 e. The summed E-state index contributed by atoms with van der Waals surface area (Å²) in [5, 5.41) is 14.3. The number of phosphoric ester groups is 1. The zero-order valence-corrected chi connectivity index (χ0v) is 19.6. The third-order valence-electron chi connectivity index (χ3n) is 5.13. The monoisotopic (exact) mass is 465 g/mol. The van der Waals surface area contributed by atoms with Crippen molar-refractivity contribution in [2.75, 3.05) is 26.9 Å². The number of phosphoric acid groups is 1. The van der Waals surface area contributed by atoms with Crippen LogP contribution in [0.4, 0.5) is 0 Å². The van der Waals surface area contributed by atoms with Crippen molar-refractivity contribution in [3.05, 3.63) is 28.3 Å². The summed E-state index contributed by atoms with van der Waals surface area (Å²) >= 11 is 6.45. The van der Waals surface area contributed by atoms with Crippen molar-refractivity contribution in [2.45, 2.75) is 58.2 Å². The molecule has 0 saturated carbocycles. The molecule has 0 radical (unpaired) electrons. The molecule has 3 atom stereocenters. The molecule has 1 aliphatic heterocycles. The van der Waals surface area contributed by atoms with Crippen LogP contribution in [-0.2, 0) is 20.2 Å². The van der Waals surface area contributed by atoms with Gasteiger partial charge >= 0.3 is 7.82 Å². The lowest BCUT2D eigenvalue weighted by Crippen LogP contribution is -2.48. The van der Waals surface area contributed by atoms with Crippen LogP contribution in [0, 0.1) is 5.41 Å². The normalized spacial score (nSPS) is 20.7. The molecule has 0 fully saturated rings. The number of rotatable bonds is 10. The predicted octanol–water partition coefficient (Wildman–Crippen LogP) is 3.22. The lowest BCUT2D eigenvalue weighted by Gasteiger charge is -2.41. The Kier molecular flexibility index (Phi) is 9.16. The number of fused-ring (bicyclic) bond motifs is 1. The summed E-state index contributed by atoms with van der Waals surface area (Å²) in [6.45, 7) is 7.06. The number of hydrogen-bond donors (Lipinski definition) is 4. The summed E-state index contributed by atoms with van der Waals surface area (Å²) in [7, 11) is -2.99. The molecule has 1 aromatic carbocycles. The Hall–Kier alpha value is -0.700. The molecular formula is C20H33ClNO7P. The van der Waals surface area contributed by atoms with E-state index >= 15 is 0 Å². The van der Waals surface area contributed by atoms with Crippen LogP contribution in [-0.4, -0.2) is 54.0 Å². The molecule has 1 heterocycles. The van der Waals surface area contributed by atoms with Crippen LogP contribution in [0.15, 0.2) is 12.1 Å². The Balaban J connectivity index is 2.22. The first-order valence-electron chi connectivity index (χ1n) is 9.99. The van der Waals surface area contributed by atoms with Crippen LogP contribution >= 0.6 is 19.4 Å². The van der Waals surface area contributed by atoms with E-state index in [-0.39, 0.29) is 23.9 Å². The first-order valence-corrected chi connectivity index (χ1v) is 11.9. The van der Waals surface area contributed by atoms with E-state index in [9.17, 15) is 9.67 Å². The quantitative estimate of drug-likeness (QED) is 0.307. The van der Waals surface area contributed by atoms with Crippen molar-refractivity contribution in [1.82, 2.24) is 5.32 Å². The zero-order valence-electron chi connectivity index (χ0n) is 17.9. The molecule has 4 N–H and O–H groups in total. The van der Waals surface area contributed by atoms with Gasteiger partial charge in [0.05, 0.1) is 24.3 Å². The molecule has 10 heteroatoms. The minimum absolute atomic E-state index is 0.0393. The van der Waals surface area contributed by atoms with E-state index in [1.165, 1.54) is 0 Å². The highest BCUT2D eigenvalue weighted by atomic mass is 35.5. The molecule has 8 nitrogen and oxygen atoms in total. The Morgan fingerprint density at radius 3 is 2.60 bits per heavy atom. The molecule has 172 valence electrons. The molecule has 1 aromatic rings. The Morgan fingerprint density at radius 1 is 1.30 bits per heavy atom. The van der Waals surface area contributed by atoms with Crippen LogP contribution in [0.3, 0.4) is 0 Å². The fraction of sp³-hybridized carbons (Fsp3) is 0.700. The number of halogens is 1. The number of methoxy groups -OCH3 is 1. The molecular weight excluding hydrogens is 433 g/mol. The van der Waals surface area contributed by atoms with E-state index in [0.29, 0.717) is 24.0 Å². The second-order valence-corrected chi connectivity index (χ2v) is 10.3. The van der Waals surface area contributed by atoms with Gasteiger partial charge in [-0.25, -0.2) is 4.57 Å². The van der Waals surface area contributed by atoms with E-state index in [1.807, 2.05) is 12.1 Å². The van der Waals surface area contributed by atoms with E-state index in [1.54, 1.807) is 7.11 Å². The van der Waals surface area contributed by atoms with Crippen molar-refractivity contribution in [2.24, 2.45) is 5.41 Å². The molecule has 1 aliphatic rings. The third-order valence-corrected chi connectivity index (χ3v) is 5.91. The van der Waals surface area contributed by atoms with Gasteiger partial charge in [-0.15, -0.1) is 0 Å². The smallest absolute Gasteiger partial charge is 0.469 e. The maximum Gasteiger partial charge on any atom is 0.469 e. The third kappa shape index (κ3) is 7.77. The largest absolute Gasteiger partial charge is 0.492 e. The molecule has 0 bridgehead atoms. The van der Waals surface area contributed by atoms with Gasteiger partial charge in [0, 0.05) is 32.2 Å². The fourth-order valence-corrected chi connectivity index (χ4v) is 4.09. The predicted molar refractivity (Wildman–Crippen MR) is 115 cm³/mol. The number of aliphatic hydroxyl groups excluding tert-OH is 1. The molecule has 0 amide bonds. The highest BCUT2D eigenvalue weighted by Gasteiger charge is 2.35. The van der Waals surface area contributed by atoms with Gasteiger partial charge in [0.15, 0.2) is 0 Å². The molecule has 0 saturated heterocycles. The summed E-state index contributed by atoms with van der Waals surface area (Å²) < 4.78 is 26.2. The summed E-state index contributed by atoms with van der Waals surface area (Å²) in [6, 6.07) is 3.69. The molecule has 0 aliphatic carbocycles. The van der Waals surface area contributed by atoms with Crippen LogP contribution in [0.25, 0.3) is 0 Å². The molecule has 3 unspecified atom stereocenters. The number of aliphatic hydroxyl groups is 1. The molecule has 0 aromatic heterocycles. The maximum absolute atomic E-state index is 10.9. The first kappa shape index (κ1) is 25.6. The van der Waals surface area contributed by atoms with E-state index in [4.69, 9.17) is 30.9 Å². The standard InChI is InChI=1S/C20H33ClNO7P/c1-20(2,3)19-9-13-8-18(28-7-5-6-27-4)16(21)11-15(13)17(22-19)10-14(23)12-29-30(24,25)26/h8,11,14,17,19,22-23H,5-7,9-10,12H2,1-4H3,(H2,24,25,26). The highest BCUT2D eigenvalue weighted by molar-refractivity contribution is 7.46. The lowest BCUT2D eigenvalue weighted by atomic mass is 9.77. The van der Waals surface area contributed by atoms with Crippen LogP contribution < -0.4 is 10.1 Å². The van der Waals surface area contributed by atoms with Crippen molar-refractivity contribution >= 4 is 19.4 Å².